The van der Waals surface area contributed by atoms with Crippen molar-refractivity contribution in [2.45, 2.75) is 24.2 Å². The molecule has 1 aliphatic heterocycles. The SMILES string of the molecule is C1=N[C@H](c2ccccc2)[C@@H](c2ccccc2)N=Cc2cccc(n2)C=N[C@H](c2ccccc2)[C@@H](c2ccccc2)N=Cc2cccc1n2. The number of hydrogen-bond acceptors (Lipinski definition) is 6. The Morgan fingerprint density at radius 3 is 0.708 bits per heavy atom. The Morgan fingerprint density at radius 1 is 0.250 bits per heavy atom. The molecule has 3 heterocycles. The molecule has 4 aromatic carbocycles. The third-order valence-electron chi connectivity index (χ3n) is 8.22. The van der Waals surface area contributed by atoms with Gasteiger partial charge in [-0.05, 0) is 46.5 Å². The zero-order valence-electron chi connectivity index (χ0n) is 26.3. The molecule has 6 nitrogen and oxygen atoms in total. The lowest BCUT2D eigenvalue weighted by Gasteiger charge is -2.22. The lowest BCUT2D eigenvalue weighted by molar-refractivity contribution is 0.582. The first-order valence-corrected chi connectivity index (χ1v) is 16.1. The number of rotatable bonds is 4. The number of aliphatic imine (C=N–C) groups is 4. The van der Waals surface area contributed by atoms with Crippen molar-refractivity contribution in [2.24, 2.45) is 20.0 Å². The van der Waals surface area contributed by atoms with Gasteiger partial charge >= 0.3 is 0 Å². The first kappa shape index (κ1) is 30.5. The van der Waals surface area contributed by atoms with Gasteiger partial charge < -0.3 is 0 Å². The molecule has 0 unspecified atom stereocenters. The van der Waals surface area contributed by atoms with Crippen LogP contribution in [0.25, 0.3) is 0 Å². The lowest BCUT2D eigenvalue weighted by Crippen LogP contribution is -2.11. The van der Waals surface area contributed by atoms with E-state index in [1.54, 1.807) is 0 Å². The molecule has 232 valence electrons. The smallest absolute Gasteiger partial charge is 0.101 e. The van der Waals surface area contributed by atoms with Crippen LogP contribution in [-0.4, -0.2) is 34.8 Å². The fourth-order valence-electron chi connectivity index (χ4n) is 5.85. The molecule has 0 saturated heterocycles. The highest BCUT2D eigenvalue weighted by molar-refractivity contribution is 5.83. The number of hydrogen-bond donors (Lipinski definition) is 0. The Kier molecular flexibility index (Phi) is 9.51. The molecule has 0 spiro atoms. The second-order valence-electron chi connectivity index (χ2n) is 11.5. The minimum Gasteiger partial charge on any atom is -0.280 e. The summed E-state index contributed by atoms with van der Waals surface area (Å²) in [6, 6.07) is 51.7. The molecule has 7 rings (SSSR count). The van der Waals surface area contributed by atoms with E-state index in [4.69, 9.17) is 29.9 Å². The Labute approximate surface area is 281 Å². The maximum absolute atomic E-state index is 5.15. The number of pyridine rings is 2. The van der Waals surface area contributed by atoms with Crippen molar-refractivity contribution in [1.29, 1.82) is 0 Å². The summed E-state index contributed by atoms with van der Waals surface area (Å²) in [5, 5.41) is 0. The van der Waals surface area contributed by atoms with Gasteiger partial charge in [-0.3, -0.25) is 20.0 Å². The van der Waals surface area contributed by atoms with E-state index in [0.29, 0.717) is 0 Å². The van der Waals surface area contributed by atoms with Crippen molar-refractivity contribution in [3.05, 3.63) is 203 Å². The number of aromatic nitrogens is 2. The van der Waals surface area contributed by atoms with Crippen LogP contribution in [0.5, 0.6) is 0 Å². The molecule has 6 aromatic rings. The normalized spacial score (nSPS) is 19.3. The third-order valence-corrected chi connectivity index (χ3v) is 8.22. The quantitative estimate of drug-likeness (QED) is 0.197. The summed E-state index contributed by atoms with van der Waals surface area (Å²) in [5.74, 6) is 0. The Morgan fingerprint density at radius 2 is 0.479 bits per heavy atom. The average Bonchev–Trinajstić information content (AvgIpc) is 3.15. The molecule has 0 aliphatic carbocycles. The van der Waals surface area contributed by atoms with Gasteiger partial charge in [0.05, 0.1) is 22.8 Å². The van der Waals surface area contributed by atoms with Crippen molar-refractivity contribution in [2.75, 3.05) is 0 Å². The summed E-state index contributed by atoms with van der Waals surface area (Å²) < 4.78 is 0. The van der Waals surface area contributed by atoms with E-state index in [2.05, 4.69) is 48.5 Å². The van der Waals surface area contributed by atoms with Crippen LogP contribution >= 0.6 is 0 Å². The molecule has 0 fully saturated rings. The second kappa shape index (κ2) is 15.0. The van der Waals surface area contributed by atoms with Gasteiger partial charge in [0.25, 0.3) is 0 Å². The molecule has 0 radical (unpaired) electrons. The molecule has 4 atom stereocenters. The van der Waals surface area contributed by atoms with Gasteiger partial charge in [-0.1, -0.05) is 133 Å². The van der Waals surface area contributed by atoms with Gasteiger partial charge in [0.2, 0.25) is 0 Å². The second-order valence-corrected chi connectivity index (χ2v) is 11.5. The van der Waals surface area contributed by atoms with E-state index in [1.807, 2.05) is 134 Å². The van der Waals surface area contributed by atoms with E-state index in [0.717, 1.165) is 45.0 Å². The molecular weight excluding hydrogens is 589 g/mol. The zero-order chi connectivity index (χ0) is 32.4. The summed E-state index contributed by atoms with van der Waals surface area (Å²) >= 11 is 0. The van der Waals surface area contributed by atoms with E-state index in [1.165, 1.54) is 0 Å². The topological polar surface area (TPSA) is 75.2 Å². The van der Waals surface area contributed by atoms with Gasteiger partial charge in [0.1, 0.15) is 24.2 Å². The number of benzene rings is 4. The Bertz CT molecular complexity index is 1750. The summed E-state index contributed by atoms with van der Waals surface area (Å²) in [6.45, 7) is 0. The summed E-state index contributed by atoms with van der Waals surface area (Å²) in [7, 11) is 0. The van der Waals surface area contributed by atoms with Crippen LogP contribution in [0.3, 0.4) is 0 Å². The number of nitrogens with zero attached hydrogens (tertiary/aromatic N) is 6. The molecule has 0 saturated carbocycles. The minimum atomic E-state index is -0.304. The highest BCUT2D eigenvalue weighted by Gasteiger charge is 2.25. The summed E-state index contributed by atoms with van der Waals surface area (Å²) in [5.41, 5.74) is 7.16. The summed E-state index contributed by atoms with van der Waals surface area (Å²) in [4.78, 5) is 30.4. The molecule has 0 amide bonds. The van der Waals surface area contributed by atoms with E-state index in [9.17, 15) is 0 Å². The fourth-order valence-corrected chi connectivity index (χ4v) is 5.85. The molecule has 4 bridgehead atoms. The maximum atomic E-state index is 5.15. The monoisotopic (exact) mass is 622 g/mol. The number of fused-ring (bicyclic) bond motifs is 4. The minimum absolute atomic E-state index is 0.304. The van der Waals surface area contributed by atoms with Crippen LogP contribution in [-0.2, 0) is 0 Å². The predicted molar refractivity (Wildman–Crippen MR) is 196 cm³/mol. The molecule has 6 heteroatoms. The van der Waals surface area contributed by atoms with Crippen LogP contribution in [0.4, 0.5) is 0 Å². The zero-order valence-corrected chi connectivity index (χ0v) is 26.3. The van der Waals surface area contributed by atoms with Crippen LogP contribution in [0.2, 0.25) is 0 Å². The third kappa shape index (κ3) is 7.45. The summed E-state index contributed by atoms with van der Waals surface area (Å²) in [6.07, 6.45) is 7.37. The van der Waals surface area contributed by atoms with Crippen molar-refractivity contribution in [1.82, 2.24) is 9.97 Å². The predicted octanol–water partition coefficient (Wildman–Crippen LogP) is 8.83. The molecule has 2 aromatic heterocycles. The van der Waals surface area contributed by atoms with Crippen molar-refractivity contribution in [3.8, 4) is 0 Å². The molecular formula is C42H34N6. The Balaban J connectivity index is 1.39. The van der Waals surface area contributed by atoms with Crippen molar-refractivity contribution in [3.63, 3.8) is 0 Å². The van der Waals surface area contributed by atoms with Crippen molar-refractivity contribution >= 4 is 24.9 Å². The maximum Gasteiger partial charge on any atom is 0.101 e. The first-order chi connectivity index (χ1) is 23.8. The van der Waals surface area contributed by atoms with E-state index >= 15 is 0 Å². The van der Waals surface area contributed by atoms with Gasteiger partial charge in [-0.2, -0.15) is 0 Å². The standard InChI is InChI=1S/C42H34N6/c1-5-15-31(16-6-1)39-40(32-17-7-2-8-18-32)44-28-36-24-14-26-38(48-36)30-46-42(34-21-11-4-12-22-34)41(33-19-9-3-10-20-33)45-29-37-25-13-23-35(47-37)27-43-39/h1-30,39-42H/t39-,40-,41-,42-/m1/s1. The molecule has 1 aliphatic rings. The average molecular weight is 623 g/mol. The van der Waals surface area contributed by atoms with Gasteiger partial charge in [-0.15, -0.1) is 0 Å². The van der Waals surface area contributed by atoms with Gasteiger partial charge in [0, 0.05) is 24.9 Å². The fraction of sp³-hybridized carbons (Fsp3) is 0.0952. The van der Waals surface area contributed by atoms with Crippen LogP contribution in [0.15, 0.2) is 178 Å². The van der Waals surface area contributed by atoms with Crippen molar-refractivity contribution < 1.29 is 0 Å². The first-order valence-electron chi connectivity index (χ1n) is 16.1. The lowest BCUT2D eigenvalue weighted by atomic mass is 9.94. The molecule has 0 N–H and O–H groups in total. The molecule has 48 heavy (non-hydrogen) atoms. The van der Waals surface area contributed by atoms with Crippen LogP contribution in [0, 0.1) is 0 Å². The van der Waals surface area contributed by atoms with Crippen LogP contribution < -0.4 is 0 Å². The highest BCUT2D eigenvalue weighted by Crippen LogP contribution is 2.37. The Hall–Kier alpha value is -6.14. The van der Waals surface area contributed by atoms with Gasteiger partial charge in [0.15, 0.2) is 0 Å². The van der Waals surface area contributed by atoms with E-state index < -0.39 is 0 Å². The largest absolute Gasteiger partial charge is 0.280 e. The highest BCUT2D eigenvalue weighted by atomic mass is 14.9. The van der Waals surface area contributed by atoms with Crippen LogP contribution in [0.1, 0.15) is 69.2 Å². The van der Waals surface area contributed by atoms with E-state index in [-0.39, 0.29) is 24.2 Å². The van der Waals surface area contributed by atoms with Gasteiger partial charge in [-0.25, -0.2) is 9.97 Å².